The molecule has 4 heterocycles. The third kappa shape index (κ3) is 3.19. The fraction of sp³-hybridized carbons (Fsp3) is 0.294. The van der Waals surface area contributed by atoms with Crippen LogP contribution >= 0.6 is 11.3 Å². The van der Waals surface area contributed by atoms with Gasteiger partial charge in [0.25, 0.3) is 0 Å². The summed E-state index contributed by atoms with van der Waals surface area (Å²) in [6.07, 6.45) is 5.57. The number of aromatic nitrogens is 2. The van der Waals surface area contributed by atoms with Crippen molar-refractivity contribution in [2.24, 2.45) is 0 Å². The van der Waals surface area contributed by atoms with E-state index in [0.717, 1.165) is 36.2 Å². The number of piperazine rings is 1. The molecular weight excluding hydrogens is 308 g/mol. The minimum absolute atomic E-state index is 0.300. The van der Waals surface area contributed by atoms with Crippen LogP contribution in [0.3, 0.4) is 0 Å². The van der Waals surface area contributed by atoms with Gasteiger partial charge >= 0.3 is 0 Å². The fourth-order valence-corrected chi connectivity index (χ4v) is 3.60. The molecule has 0 aliphatic carbocycles. The van der Waals surface area contributed by atoms with Crippen LogP contribution in [0.4, 0.5) is 0 Å². The number of thiophene rings is 1. The van der Waals surface area contributed by atoms with Crippen molar-refractivity contribution in [1.29, 1.82) is 0 Å². The van der Waals surface area contributed by atoms with Gasteiger partial charge in [-0.05, 0) is 23.1 Å². The number of pyridine rings is 1. The second-order valence-electron chi connectivity index (χ2n) is 5.57. The largest absolute Gasteiger partial charge is 0.438 e. The molecule has 4 rings (SSSR count). The molecule has 1 fully saturated rings. The Morgan fingerprint density at radius 3 is 3.13 bits per heavy atom. The highest BCUT2D eigenvalue weighted by molar-refractivity contribution is 7.13. The van der Waals surface area contributed by atoms with Crippen molar-refractivity contribution in [1.82, 2.24) is 20.2 Å². The molecule has 3 aromatic heterocycles. The van der Waals surface area contributed by atoms with Gasteiger partial charge in [0.1, 0.15) is 0 Å². The van der Waals surface area contributed by atoms with Crippen LogP contribution < -0.4 is 5.32 Å². The molecule has 1 N–H and O–H groups in total. The highest BCUT2D eigenvalue weighted by atomic mass is 32.1. The molecule has 1 aliphatic heterocycles. The monoisotopic (exact) mass is 326 g/mol. The Morgan fingerprint density at radius 1 is 1.30 bits per heavy atom. The zero-order chi connectivity index (χ0) is 15.5. The Bertz CT molecular complexity index is 741. The van der Waals surface area contributed by atoms with Gasteiger partial charge in [-0.3, -0.25) is 9.88 Å². The third-order valence-electron chi connectivity index (χ3n) is 4.08. The smallest absolute Gasteiger partial charge is 0.209 e. The molecule has 0 amide bonds. The SMILES string of the molecule is c1cncc(C2CNCCN2Cc2ncc(-c3cccs3)o2)c1. The summed E-state index contributed by atoms with van der Waals surface area (Å²) >= 11 is 1.67. The van der Waals surface area contributed by atoms with Crippen LogP contribution in [0, 0.1) is 0 Å². The molecule has 1 saturated heterocycles. The van der Waals surface area contributed by atoms with Crippen LogP contribution in [0.25, 0.3) is 10.6 Å². The average molecular weight is 326 g/mol. The number of rotatable bonds is 4. The third-order valence-corrected chi connectivity index (χ3v) is 4.96. The summed E-state index contributed by atoms with van der Waals surface area (Å²) in [6.45, 7) is 3.59. The fourth-order valence-electron chi connectivity index (χ4n) is 2.93. The Kier molecular flexibility index (Phi) is 4.19. The van der Waals surface area contributed by atoms with Gasteiger partial charge in [0, 0.05) is 38.1 Å². The van der Waals surface area contributed by atoms with Crippen LogP contribution in [0.15, 0.2) is 52.7 Å². The van der Waals surface area contributed by atoms with Crippen LogP contribution in [0.5, 0.6) is 0 Å². The predicted molar refractivity (Wildman–Crippen MR) is 90.1 cm³/mol. The molecule has 5 nitrogen and oxygen atoms in total. The van der Waals surface area contributed by atoms with E-state index in [2.05, 4.69) is 32.3 Å². The lowest BCUT2D eigenvalue weighted by molar-refractivity contribution is 0.140. The average Bonchev–Trinajstić information content (AvgIpc) is 3.27. The summed E-state index contributed by atoms with van der Waals surface area (Å²) in [5.41, 5.74) is 1.23. The molecule has 118 valence electrons. The van der Waals surface area contributed by atoms with Gasteiger partial charge in [-0.1, -0.05) is 12.1 Å². The molecular formula is C17H18N4OS. The van der Waals surface area contributed by atoms with Gasteiger partial charge in [0.05, 0.1) is 17.6 Å². The first-order chi connectivity index (χ1) is 11.4. The molecule has 23 heavy (non-hydrogen) atoms. The lowest BCUT2D eigenvalue weighted by Crippen LogP contribution is -2.45. The van der Waals surface area contributed by atoms with Gasteiger partial charge in [-0.25, -0.2) is 4.98 Å². The maximum atomic E-state index is 5.94. The van der Waals surface area contributed by atoms with Crippen LogP contribution in [0.2, 0.25) is 0 Å². The van der Waals surface area contributed by atoms with E-state index in [0.29, 0.717) is 12.6 Å². The molecule has 0 spiro atoms. The number of nitrogens with zero attached hydrogens (tertiary/aromatic N) is 3. The number of nitrogens with one attached hydrogen (secondary N) is 1. The van der Waals surface area contributed by atoms with E-state index in [4.69, 9.17) is 4.42 Å². The van der Waals surface area contributed by atoms with E-state index in [1.807, 2.05) is 36.1 Å². The van der Waals surface area contributed by atoms with Crippen molar-refractivity contribution in [3.63, 3.8) is 0 Å². The van der Waals surface area contributed by atoms with E-state index in [1.54, 1.807) is 11.3 Å². The zero-order valence-electron chi connectivity index (χ0n) is 12.7. The molecule has 0 radical (unpaired) electrons. The van der Waals surface area contributed by atoms with Gasteiger partial charge in [0.15, 0.2) is 5.76 Å². The minimum Gasteiger partial charge on any atom is -0.438 e. The maximum Gasteiger partial charge on any atom is 0.209 e. The molecule has 1 unspecified atom stereocenters. The second kappa shape index (κ2) is 6.62. The molecule has 1 atom stereocenters. The summed E-state index contributed by atoms with van der Waals surface area (Å²) in [5.74, 6) is 1.62. The highest BCUT2D eigenvalue weighted by Crippen LogP contribution is 2.27. The first-order valence-electron chi connectivity index (χ1n) is 7.73. The minimum atomic E-state index is 0.300. The molecule has 0 aromatic carbocycles. The normalized spacial score (nSPS) is 19.0. The number of hydrogen-bond acceptors (Lipinski definition) is 6. The van der Waals surface area contributed by atoms with Gasteiger partial charge in [0.2, 0.25) is 5.89 Å². The Hall–Kier alpha value is -2.02. The molecule has 0 saturated carbocycles. The zero-order valence-corrected chi connectivity index (χ0v) is 13.5. The summed E-state index contributed by atoms with van der Waals surface area (Å²) in [5, 5.41) is 5.51. The summed E-state index contributed by atoms with van der Waals surface area (Å²) in [4.78, 5) is 12.2. The predicted octanol–water partition coefficient (Wildman–Crippen LogP) is 2.94. The highest BCUT2D eigenvalue weighted by Gasteiger charge is 2.25. The quantitative estimate of drug-likeness (QED) is 0.799. The molecule has 6 heteroatoms. The molecule has 3 aromatic rings. The van der Waals surface area contributed by atoms with E-state index in [-0.39, 0.29) is 0 Å². The topological polar surface area (TPSA) is 54.2 Å². The summed E-state index contributed by atoms with van der Waals surface area (Å²) < 4.78 is 5.94. The summed E-state index contributed by atoms with van der Waals surface area (Å²) in [7, 11) is 0. The van der Waals surface area contributed by atoms with Crippen molar-refractivity contribution in [2.75, 3.05) is 19.6 Å². The number of hydrogen-bond donors (Lipinski definition) is 1. The first kappa shape index (κ1) is 14.6. The maximum absolute atomic E-state index is 5.94. The second-order valence-corrected chi connectivity index (χ2v) is 6.52. The Morgan fingerprint density at radius 2 is 2.30 bits per heavy atom. The van der Waals surface area contributed by atoms with E-state index in [1.165, 1.54) is 5.56 Å². The van der Waals surface area contributed by atoms with E-state index in [9.17, 15) is 0 Å². The van der Waals surface area contributed by atoms with Crippen LogP contribution in [0.1, 0.15) is 17.5 Å². The van der Waals surface area contributed by atoms with Gasteiger partial charge in [-0.15, -0.1) is 11.3 Å². The lowest BCUT2D eigenvalue weighted by Gasteiger charge is -2.35. The summed E-state index contributed by atoms with van der Waals surface area (Å²) in [6, 6.07) is 8.50. The van der Waals surface area contributed by atoms with Crippen LogP contribution in [-0.2, 0) is 6.54 Å². The Labute approximate surface area is 139 Å². The van der Waals surface area contributed by atoms with Crippen LogP contribution in [-0.4, -0.2) is 34.5 Å². The standard InChI is InChI=1S/C17H18N4OS/c1-3-13(9-18-5-1)14-10-19-6-7-21(14)12-17-20-11-15(22-17)16-4-2-8-23-16/h1-5,8-9,11,14,19H,6-7,10,12H2. The van der Waals surface area contributed by atoms with Crippen molar-refractivity contribution in [3.05, 3.63) is 59.7 Å². The lowest BCUT2D eigenvalue weighted by atomic mass is 10.1. The van der Waals surface area contributed by atoms with E-state index < -0.39 is 0 Å². The first-order valence-corrected chi connectivity index (χ1v) is 8.61. The number of oxazole rings is 1. The van der Waals surface area contributed by atoms with Gasteiger partial charge in [-0.2, -0.15) is 0 Å². The van der Waals surface area contributed by atoms with Crippen molar-refractivity contribution in [3.8, 4) is 10.6 Å². The van der Waals surface area contributed by atoms with Gasteiger partial charge < -0.3 is 9.73 Å². The molecule has 1 aliphatic rings. The van der Waals surface area contributed by atoms with Crippen molar-refractivity contribution < 1.29 is 4.42 Å². The van der Waals surface area contributed by atoms with E-state index >= 15 is 0 Å². The molecule has 0 bridgehead atoms. The Balaban J connectivity index is 1.52. The van der Waals surface area contributed by atoms with Crippen molar-refractivity contribution >= 4 is 11.3 Å². The van der Waals surface area contributed by atoms with Crippen molar-refractivity contribution in [2.45, 2.75) is 12.6 Å².